The van der Waals surface area contributed by atoms with E-state index in [4.69, 9.17) is 0 Å². The van der Waals surface area contributed by atoms with Gasteiger partial charge in [-0.1, -0.05) is 0 Å². The van der Waals surface area contributed by atoms with E-state index in [0.29, 0.717) is 0 Å². The van der Waals surface area contributed by atoms with E-state index < -0.39 is 0 Å². The molecule has 1 unspecified atom stereocenters. The zero-order valence-electron chi connectivity index (χ0n) is 4.31. The topological polar surface area (TPSA) is 3.24 Å². The highest BCUT2D eigenvalue weighted by molar-refractivity contribution is 5.01. The first-order chi connectivity index (χ1) is 2.80. The Bertz CT molecular complexity index is 45.9. The van der Waals surface area contributed by atoms with Gasteiger partial charge >= 0.3 is 0 Å². The van der Waals surface area contributed by atoms with Gasteiger partial charge < -0.3 is 4.90 Å². The fourth-order valence-corrected chi connectivity index (χ4v) is 0.482. The summed E-state index contributed by atoms with van der Waals surface area (Å²) in [6, 6.07) is 0.810. The van der Waals surface area contributed by atoms with Gasteiger partial charge in [0.05, 0.1) is 0 Å². The predicted molar refractivity (Wildman–Crippen MR) is 26.4 cm³/mol. The van der Waals surface area contributed by atoms with Crippen LogP contribution < -0.4 is 0 Å². The molecule has 1 fully saturated rings. The largest absolute Gasteiger partial charge is 0.306 e. The molecule has 0 heterocycles. The van der Waals surface area contributed by atoms with Crippen molar-refractivity contribution in [3.8, 4) is 0 Å². The van der Waals surface area contributed by atoms with Crippen LogP contribution in [0.5, 0.6) is 0 Å². The summed E-state index contributed by atoms with van der Waals surface area (Å²) in [6.45, 7) is 0. The molecule has 0 aromatic rings. The molecule has 0 spiro atoms. The summed E-state index contributed by atoms with van der Waals surface area (Å²) in [4.78, 5) is 2.22. The molecule has 0 amide bonds. The van der Waals surface area contributed by atoms with Crippen molar-refractivity contribution in [1.29, 1.82) is 0 Å². The molecule has 1 radical (unpaired) electrons. The van der Waals surface area contributed by atoms with Crippen LogP contribution in [0.25, 0.3) is 0 Å². The average Bonchev–Trinajstić information content (AvgIpc) is 2.06. The first kappa shape index (κ1) is 4.13. The molecule has 0 aromatic heterocycles. The lowest BCUT2D eigenvalue weighted by atomic mass is 10.6. The molecule has 1 aliphatic rings. The van der Waals surface area contributed by atoms with Crippen LogP contribution in [0.2, 0.25) is 0 Å². The monoisotopic (exact) mass is 84.1 g/mol. The van der Waals surface area contributed by atoms with E-state index in [-0.39, 0.29) is 0 Å². The van der Waals surface area contributed by atoms with Gasteiger partial charge in [-0.25, -0.2) is 0 Å². The Hall–Kier alpha value is -0.0400. The third-order valence-corrected chi connectivity index (χ3v) is 1.11. The third kappa shape index (κ3) is 0.716. The summed E-state index contributed by atoms with van der Waals surface area (Å²) < 4.78 is 0. The second-order valence-electron chi connectivity index (χ2n) is 2.00. The first-order valence-electron chi connectivity index (χ1n) is 2.30. The van der Waals surface area contributed by atoms with Crippen LogP contribution in [0.3, 0.4) is 0 Å². The van der Waals surface area contributed by atoms with Gasteiger partial charge in [0, 0.05) is 6.04 Å². The zero-order valence-corrected chi connectivity index (χ0v) is 4.31. The molecule has 1 rings (SSSR count). The Morgan fingerprint density at radius 1 is 1.67 bits per heavy atom. The Labute approximate surface area is 39.0 Å². The summed E-state index contributed by atoms with van der Waals surface area (Å²) in [7, 11) is 4.21. The lowest BCUT2D eigenvalue weighted by molar-refractivity contribution is 0.409. The molecule has 0 saturated heterocycles. The van der Waals surface area contributed by atoms with Crippen molar-refractivity contribution < 1.29 is 0 Å². The minimum Gasteiger partial charge on any atom is -0.306 e. The SMILES string of the molecule is CN(C)C1[CH]C1. The van der Waals surface area contributed by atoms with Crippen molar-refractivity contribution in [1.82, 2.24) is 4.90 Å². The second-order valence-corrected chi connectivity index (χ2v) is 2.00. The lowest BCUT2D eigenvalue weighted by Crippen LogP contribution is -2.13. The van der Waals surface area contributed by atoms with Gasteiger partial charge in [-0.2, -0.15) is 0 Å². The summed E-state index contributed by atoms with van der Waals surface area (Å²) in [5, 5.41) is 0. The Balaban J connectivity index is 2.13. The minimum atomic E-state index is 0.810. The molecule has 35 valence electrons. The highest BCUT2D eigenvalue weighted by Gasteiger charge is 2.23. The Morgan fingerprint density at radius 3 is 2.17 bits per heavy atom. The van der Waals surface area contributed by atoms with E-state index in [2.05, 4.69) is 25.4 Å². The Morgan fingerprint density at radius 2 is 2.17 bits per heavy atom. The van der Waals surface area contributed by atoms with E-state index in [9.17, 15) is 0 Å². The number of rotatable bonds is 1. The standard InChI is InChI=1S/C5H10N/c1-6(2)5-3-4-5/h3,5H,4H2,1-2H3. The second kappa shape index (κ2) is 1.23. The van der Waals surface area contributed by atoms with Crippen LogP contribution in [-0.4, -0.2) is 25.0 Å². The van der Waals surface area contributed by atoms with Crippen molar-refractivity contribution in [3.63, 3.8) is 0 Å². The molecule has 6 heavy (non-hydrogen) atoms. The molecule has 1 heteroatoms. The van der Waals surface area contributed by atoms with Gasteiger partial charge in [-0.3, -0.25) is 0 Å². The molecule has 1 saturated carbocycles. The molecular formula is C5H10N. The van der Waals surface area contributed by atoms with Crippen LogP contribution in [0, 0.1) is 6.42 Å². The number of hydrogen-bond donors (Lipinski definition) is 0. The maximum absolute atomic E-state index is 2.29. The number of hydrogen-bond acceptors (Lipinski definition) is 1. The molecule has 0 aromatic carbocycles. The quantitative estimate of drug-likeness (QED) is 0.448. The van der Waals surface area contributed by atoms with Crippen LogP contribution in [0.15, 0.2) is 0 Å². The normalized spacial score (nSPS) is 22.5. The minimum absolute atomic E-state index is 0.810. The highest BCUT2D eigenvalue weighted by atomic mass is 15.1. The van der Waals surface area contributed by atoms with E-state index in [0.717, 1.165) is 6.04 Å². The average molecular weight is 84.1 g/mol. The van der Waals surface area contributed by atoms with Crippen LogP contribution >= 0.6 is 0 Å². The smallest absolute Gasteiger partial charge is 0.0125 e. The van der Waals surface area contributed by atoms with Gasteiger partial charge in [-0.05, 0) is 26.9 Å². The van der Waals surface area contributed by atoms with Crippen molar-refractivity contribution in [2.75, 3.05) is 14.1 Å². The van der Waals surface area contributed by atoms with Gasteiger partial charge in [0.2, 0.25) is 0 Å². The van der Waals surface area contributed by atoms with Crippen LogP contribution in [-0.2, 0) is 0 Å². The van der Waals surface area contributed by atoms with Gasteiger partial charge in [0.15, 0.2) is 0 Å². The molecule has 1 atom stereocenters. The van der Waals surface area contributed by atoms with E-state index in [1.54, 1.807) is 0 Å². The van der Waals surface area contributed by atoms with E-state index >= 15 is 0 Å². The van der Waals surface area contributed by atoms with Crippen molar-refractivity contribution in [3.05, 3.63) is 6.42 Å². The van der Waals surface area contributed by atoms with Gasteiger partial charge in [0.25, 0.3) is 0 Å². The van der Waals surface area contributed by atoms with Crippen LogP contribution in [0.1, 0.15) is 6.42 Å². The summed E-state index contributed by atoms with van der Waals surface area (Å²) >= 11 is 0. The number of nitrogens with zero attached hydrogens (tertiary/aromatic N) is 1. The molecule has 1 aliphatic carbocycles. The summed E-state index contributed by atoms with van der Waals surface area (Å²) in [5.41, 5.74) is 0. The van der Waals surface area contributed by atoms with Crippen molar-refractivity contribution >= 4 is 0 Å². The van der Waals surface area contributed by atoms with Crippen molar-refractivity contribution in [2.24, 2.45) is 0 Å². The molecule has 0 N–H and O–H groups in total. The first-order valence-corrected chi connectivity index (χ1v) is 2.30. The van der Waals surface area contributed by atoms with Crippen molar-refractivity contribution in [2.45, 2.75) is 12.5 Å². The summed E-state index contributed by atoms with van der Waals surface area (Å²) in [5.74, 6) is 0. The maximum atomic E-state index is 2.29. The Kier molecular flexibility index (Phi) is 0.845. The van der Waals surface area contributed by atoms with E-state index in [1.165, 1.54) is 6.42 Å². The van der Waals surface area contributed by atoms with Gasteiger partial charge in [0.1, 0.15) is 0 Å². The molecular weight excluding hydrogens is 74.1 g/mol. The third-order valence-electron chi connectivity index (χ3n) is 1.11. The fourth-order valence-electron chi connectivity index (χ4n) is 0.482. The van der Waals surface area contributed by atoms with Gasteiger partial charge in [-0.15, -0.1) is 0 Å². The summed E-state index contributed by atoms with van der Waals surface area (Å²) in [6.07, 6.45) is 3.59. The molecule has 1 nitrogen and oxygen atoms in total. The zero-order chi connectivity index (χ0) is 4.57. The molecule has 0 bridgehead atoms. The van der Waals surface area contributed by atoms with Crippen LogP contribution in [0.4, 0.5) is 0 Å². The highest BCUT2D eigenvalue weighted by Crippen LogP contribution is 2.21. The van der Waals surface area contributed by atoms with E-state index in [1.807, 2.05) is 0 Å². The predicted octanol–water partition coefficient (Wildman–Crippen LogP) is 0.525. The lowest BCUT2D eigenvalue weighted by Gasteiger charge is -2.03. The fraction of sp³-hybridized carbons (Fsp3) is 0.800. The maximum Gasteiger partial charge on any atom is 0.0125 e. The molecule has 0 aliphatic heterocycles.